The third kappa shape index (κ3) is 6.70. The maximum atomic E-state index is 12.1. The molecule has 0 aliphatic heterocycles. The molecule has 24 heavy (non-hydrogen) atoms. The van der Waals surface area contributed by atoms with E-state index in [0.29, 0.717) is 18.3 Å². The van der Waals surface area contributed by atoms with Crippen LogP contribution in [0.4, 0.5) is 9.59 Å². The Balaban J connectivity index is 2.52. The summed E-state index contributed by atoms with van der Waals surface area (Å²) in [6.07, 6.45) is 0.712. The van der Waals surface area contributed by atoms with Gasteiger partial charge in [0.25, 0.3) is 0 Å². The molecule has 0 heterocycles. The Hall–Kier alpha value is -1.89. The molecule has 2 amide bonds. The van der Waals surface area contributed by atoms with Crippen molar-refractivity contribution in [1.82, 2.24) is 8.61 Å². The van der Waals surface area contributed by atoms with Crippen molar-refractivity contribution in [2.75, 3.05) is 20.7 Å². The van der Waals surface area contributed by atoms with Gasteiger partial charge in [-0.2, -0.15) is 0 Å². The first kappa shape index (κ1) is 20.2. The van der Waals surface area contributed by atoms with Crippen molar-refractivity contribution in [3.63, 3.8) is 0 Å². The molecule has 134 valence electrons. The van der Waals surface area contributed by atoms with Crippen LogP contribution in [0.5, 0.6) is 5.75 Å². The number of carbonyl (C=O) groups is 2. The third-order valence-corrected chi connectivity index (χ3v) is 4.00. The highest BCUT2D eigenvalue weighted by molar-refractivity contribution is 7.95. The zero-order valence-corrected chi connectivity index (χ0v) is 15.8. The van der Waals surface area contributed by atoms with Crippen LogP contribution in [0.1, 0.15) is 45.1 Å². The molecule has 0 spiro atoms. The largest absolute Gasteiger partial charge is 0.449 e. The van der Waals surface area contributed by atoms with Gasteiger partial charge in [0, 0.05) is 14.1 Å². The summed E-state index contributed by atoms with van der Waals surface area (Å²) in [6, 6.07) is 7.40. The Morgan fingerprint density at radius 3 is 2.46 bits per heavy atom. The predicted molar refractivity (Wildman–Crippen MR) is 95.9 cm³/mol. The van der Waals surface area contributed by atoms with E-state index in [0.717, 1.165) is 30.5 Å². The van der Waals surface area contributed by atoms with Crippen molar-refractivity contribution in [1.29, 1.82) is 0 Å². The van der Waals surface area contributed by atoms with Crippen molar-refractivity contribution in [2.24, 2.45) is 0 Å². The Morgan fingerprint density at radius 2 is 1.83 bits per heavy atom. The molecule has 1 rings (SSSR count). The lowest BCUT2D eigenvalue weighted by atomic mass is 10.0. The van der Waals surface area contributed by atoms with Crippen LogP contribution in [0, 0.1) is 0 Å². The topological polar surface area (TPSA) is 59.1 Å². The molecule has 0 N–H and O–H groups in total. The van der Waals surface area contributed by atoms with Gasteiger partial charge in [0.2, 0.25) is 0 Å². The SMILES string of the molecule is CCCCOC(=O)N(C)SN(C)C(=O)Oc1cccc(C(C)C)c1. The van der Waals surface area contributed by atoms with Gasteiger partial charge >= 0.3 is 12.2 Å². The number of rotatable bonds is 7. The fraction of sp³-hybridized carbons (Fsp3) is 0.529. The van der Waals surface area contributed by atoms with E-state index >= 15 is 0 Å². The van der Waals surface area contributed by atoms with Gasteiger partial charge in [0.05, 0.1) is 18.7 Å². The Labute approximate surface area is 148 Å². The van der Waals surface area contributed by atoms with E-state index in [9.17, 15) is 9.59 Å². The van der Waals surface area contributed by atoms with E-state index in [1.165, 1.54) is 15.7 Å². The molecule has 0 aliphatic rings. The van der Waals surface area contributed by atoms with Gasteiger partial charge in [-0.3, -0.25) is 0 Å². The minimum absolute atomic E-state index is 0.347. The van der Waals surface area contributed by atoms with E-state index in [1.54, 1.807) is 13.1 Å². The lowest BCUT2D eigenvalue weighted by molar-refractivity contribution is 0.130. The standard InChI is InChI=1S/C17H26N2O4S/c1-6-7-11-22-16(20)18(4)24-19(5)17(21)23-15-10-8-9-14(12-15)13(2)3/h8-10,12-13H,6-7,11H2,1-5H3. The molecule has 1 aromatic rings. The van der Waals surface area contributed by atoms with Crippen LogP contribution in [0.3, 0.4) is 0 Å². The summed E-state index contributed by atoms with van der Waals surface area (Å²) in [5.41, 5.74) is 1.09. The van der Waals surface area contributed by atoms with Crippen LogP contribution in [0.2, 0.25) is 0 Å². The zero-order chi connectivity index (χ0) is 18.1. The van der Waals surface area contributed by atoms with Gasteiger partial charge in [0.15, 0.2) is 0 Å². The Morgan fingerprint density at radius 1 is 1.17 bits per heavy atom. The van der Waals surface area contributed by atoms with Crippen LogP contribution in [0.25, 0.3) is 0 Å². The van der Waals surface area contributed by atoms with Gasteiger partial charge in [-0.1, -0.05) is 39.3 Å². The predicted octanol–water partition coefficient (Wildman–Crippen LogP) is 4.67. The first-order valence-electron chi connectivity index (χ1n) is 7.99. The number of ether oxygens (including phenoxy) is 2. The number of benzene rings is 1. The van der Waals surface area contributed by atoms with Gasteiger partial charge < -0.3 is 9.47 Å². The molecule has 0 bridgehead atoms. The second-order valence-electron chi connectivity index (χ2n) is 5.64. The Kier molecular flexibility index (Phi) is 8.46. The number of unbranched alkanes of at least 4 members (excludes halogenated alkanes) is 1. The fourth-order valence-corrected chi connectivity index (χ4v) is 2.34. The number of nitrogens with zero attached hydrogens (tertiary/aromatic N) is 2. The first-order valence-corrected chi connectivity index (χ1v) is 8.72. The number of amides is 2. The molecule has 0 saturated carbocycles. The van der Waals surface area contributed by atoms with Crippen LogP contribution in [-0.4, -0.2) is 41.5 Å². The molecular formula is C17H26N2O4S. The van der Waals surface area contributed by atoms with Gasteiger partial charge in [-0.05, 0) is 30.0 Å². The lowest BCUT2D eigenvalue weighted by Crippen LogP contribution is -2.31. The molecule has 0 unspecified atom stereocenters. The Bertz CT molecular complexity index is 551. The lowest BCUT2D eigenvalue weighted by Gasteiger charge is -2.21. The normalized spacial score (nSPS) is 10.4. The summed E-state index contributed by atoms with van der Waals surface area (Å²) in [6.45, 7) is 6.53. The number of hydrogen-bond donors (Lipinski definition) is 0. The highest BCUT2D eigenvalue weighted by atomic mass is 32.2. The van der Waals surface area contributed by atoms with E-state index < -0.39 is 12.2 Å². The van der Waals surface area contributed by atoms with Crippen LogP contribution >= 0.6 is 12.1 Å². The molecule has 0 fully saturated rings. The molecule has 0 aromatic heterocycles. The van der Waals surface area contributed by atoms with Gasteiger partial charge in [-0.25, -0.2) is 18.2 Å². The second kappa shape index (κ2) is 10.1. The number of hydrogen-bond acceptors (Lipinski definition) is 5. The number of carbonyl (C=O) groups excluding carboxylic acids is 2. The van der Waals surface area contributed by atoms with E-state index in [2.05, 4.69) is 13.8 Å². The summed E-state index contributed by atoms with van der Waals surface area (Å²) in [4.78, 5) is 23.9. The maximum Gasteiger partial charge on any atom is 0.426 e. The molecule has 0 atom stereocenters. The molecule has 0 saturated heterocycles. The average molecular weight is 354 g/mol. The molecule has 6 nitrogen and oxygen atoms in total. The summed E-state index contributed by atoms with van der Waals surface area (Å²) in [5.74, 6) is 0.826. The van der Waals surface area contributed by atoms with Crippen LogP contribution in [0.15, 0.2) is 24.3 Å². The van der Waals surface area contributed by atoms with Gasteiger partial charge in [-0.15, -0.1) is 0 Å². The third-order valence-electron chi connectivity index (χ3n) is 3.21. The molecule has 0 radical (unpaired) electrons. The average Bonchev–Trinajstić information content (AvgIpc) is 2.54. The summed E-state index contributed by atoms with van der Waals surface area (Å²) in [5, 5.41) is 0. The highest BCUT2D eigenvalue weighted by Gasteiger charge is 2.19. The molecule has 7 heteroatoms. The summed E-state index contributed by atoms with van der Waals surface area (Å²) >= 11 is 0.921. The maximum absolute atomic E-state index is 12.1. The minimum Gasteiger partial charge on any atom is -0.449 e. The fourth-order valence-electron chi connectivity index (χ4n) is 1.75. The van der Waals surface area contributed by atoms with Crippen LogP contribution < -0.4 is 4.74 Å². The highest BCUT2D eigenvalue weighted by Crippen LogP contribution is 2.22. The molecule has 1 aromatic carbocycles. The van der Waals surface area contributed by atoms with Crippen molar-refractivity contribution in [3.05, 3.63) is 29.8 Å². The summed E-state index contributed by atoms with van der Waals surface area (Å²) < 4.78 is 12.9. The van der Waals surface area contributed by atoms with Crippen molar-refractivity contribution >= 4 is 24.3 Å². The molecular weight excluding hydrogens is 328 g/mol. The van der Waals surface area contributed by atoms with E-state index in [1.807, 2.05) is 25.1 Å². The van der Waals surface area contributed by atoms with E-state index in [-0.39, 0.29) is 0 Å². The quantitative estimate of drug-likeness (QED) is 0.526. The first-order chi connectivity index (χ1) is 11.3. The zero-order valence-electron chi connectivity index (χ0n) is 14.9. The van der Waals surface area contributed by atoms with Crippen molar-refractivity contribution in [3.8, 4) is 5.75 Å². The van der Waals surface area contributed by atoms with Gasteiger partial charge in [0.1, 0.15) is 5.75 Å². The smallest absolute Gasteiger partial charge is 0.426 e. The van der Waals surface area contributed by atoms with Crippen molar-refractivity contribution < 1.29 is 19.1 Å². The van der Waals surface area contributed by atoms with Crippen LogP contribution in [-0.2, 0) is 4.74 Å². The minimum atomic E-state index is -0.561. The summed E-state index contributed by atoms with van der Waals surface area (Å²) in [7, 11) is 3.08. The van der Waals surface area contributed by atoms with Crippen molar-refractivity contribution in [2.45, 2.75) is 39.5 Å². The second-order valence-corrected chi connectivity index (χ2v) is 6.90. The monoisotopic (exact) mass is 354 g/mol. The van der Waals surface area contributed by atoms with E-state index in [4.69, 9.17) is 9.47 Å². The molecule has 0 aliphatic carbocycles.